The van der Waals surface area contributed by atoms with Crippen LogP contribution in [-0.2, 0) is 28.7 Å². The maximum absolute atomic E-state index is 11.9. The summed E-state index contributed by atoms with van der Waals surface area (Å²) in [6, 6.07) is 0. The number of terminal acetylenes is 3. The van der Waals surface area contributed by atoms with Gasteiger partial charge in [-0.3, -0.25) is 24.0 Å². The van der Waals surface area contributed by atoms with Gasteiger partial charge >= 0.3 is 0 Å². The molecule has 20 aliphatic carbocycles. The van der Waals surface area contributed by atoms with Crippen molar-refractivity contribution in [3.8, 4) is 37.0 Å². The maximum atomic E-state index is 11.9. The van der Waals surface area contributed by atoms with Crippen molar-refractivity contribution in [1.29, 1.82) is 0 Å². The maximum Gasteiger partial charge on any atom is 0.155 e. The third kappa shape index (κ3) is 12.8. The van der Waals surface area contributed by atoms with E-state index < -0.39 is 0 Å². The molecule has 0 aliphatic heterocycles. The smallest absolute Gasteiger partial charge is 0.155 e. The van der Waals surface area contributed by atoms with E-state index in [9.17, 15) is 24.0 Å². The molecule has 20 aliphatic rings. The van der Waals surface area contributed by atoms with Gasteiger partial charge in [0.15, 0.2) is 28.9 Å². The molecule has 596 valence electrons. The van der Waals surface area contributed by atoms with Gasteiger partial charge in [-0.1, -0.05) is 158 Å². The Balaban J connectivity index is 0.000000110. The van der Waals surface area contributed by atoms with Crippen LogP contribution in [0.1, 0.15) is 315 Å². The van der Waals surface area contributed by atoms with Crippen LogP contribution in [0, 0.1) is 180 Å². The Kier molecular flexibility index (Phi) is 21.3. The highest BCUT2D eigenvalue weighted by Gasteiger charge is 2.63. The lowest BCUT2D eigenvalue weighted by molar-refractivity contribution is -0.118. The molecular weight excluding hydrogens is 1360 g/mol. The van der Waals surface area contributed by atoms with E-state index in [-0.39, 0.29) is 39.9 Å². The van der Waals surface area contributed by atoms with Gasteiger partial charge < -0.3 is 4.74 Å². The Bertz CT molecular complexity index is 4070. The highest BCUT2D eigenvalue weighted by atomic mass is 16.5. The van der Waals surface area contributed by atoms with Crippen molar-refractivity contribution in [3.63, 3.8) is 0 Å². The first-order valence-corrected chi connectivity index (χ1v) is 45.0. The van der Waals surface area contributed by atoms with Gasteiger partial charge in [0.05, 0.1) is 5.76 Å². The van der Waals surface area contributed by atoms with Crippen LogP contribution in [0.2, 0.25) is 0 Å². The van der Waals surface area contributed by atoms with E-state index >= 15 is 0 Å². The third-order valence-corrected chi connectivity index (χ3v) is 39.0. The molecule has 0 amide bonds. The molecule has 6 heteroatoms. The summed E-state index contributed by atoms with van der Waals surface area (Å²) in [6.45, 7) is 29.6. The standard InChI is InChI=1S/C22H28O2.2C21H26O.2C20H28O.CH4/c1-4-13-24-20-8-7-18-17-6-5-15-14-16(23)9-11-21(15,2)19(17)10-12-22(18,20)3;2*1-4-14-6-8-18-17-7-5-15-13-16(22)9-11-21(15,3)19(17)10-12-20(14,18)2;2*1-13-4-7-17-16-6-5-14-12-15(21)8-10-20(14,3)18(16)9-11-19(13,17)2;/h1,8,14,17-19H,5-7,9-13H2,2-3H3;2*1,6,13,17-19H,5,7-12H2,2-3H3;2*4,12,16-18H,5-11H2,1-3H3;1H4/t17?,18-,19-,21+,22+;2*17?,18-,19-,20-,21+;2*16?,17-,18-,19-,20+;/m11111./s1. The number of allylic oxidation sites excluding steroid dienone is 20. The van der Waals surface area contributed by atoms with E-state index in [0.717, 1.165) is 179 Å². The summed E-state index contributed by atoms with van der Waals surface area (Å²) in [6.07, 6.45) is 79.2. The van der Waals surface area contributed by atoms with Crippen molar-refractivity contribution in [2.45, 2.75) is 315 Å². The number of ketones is 5. The van der Waals surface area contributed by atoms with Gasteiger partial charge in [-0.15, -0.1) is 19.3 Å². The summed E-state index contributed by atoms with van der Waals surface area (Å²) in [4.78, 5) is 59.2. The Labute approximate surface area is 672 Å². The van der Waals surface area contributed by atoms with E-state index in [2.05, 4.69) is 131 Å². The van der Waals surface area contributed by atoms with Gasteiger partial charge in [-0.2, -0.15) is 0 Å². The van der Waals surface area contributed by atoms with Crippen molar-refractivity contribution in [1.82, 2.24) is 0 Å². The normalized spacial score (nSPS) is 46.5. The highest BCUT2D eigenvalue weighted by Crippen LogP contribution is 2.72. The minimum atomic E-state index is 0. The monoisotopic (exact) mass is 1500 g/mol. The van der Waals surface area contributed by atoms with Crippen LogP contribution in [0.4, 0.5) is 0 Å². The molecule has 0 heterocycles. The van der Waals surface area contributed by atoms with Crippen LogP contribution in [0.5, 0.6) is 0 Å². The molecule has 0 saturated heterocycles. The summed E-state index contributed by atoms with van der Waals surface area (Å²) in [5.41, 5.74) is 16.2. The lowest BCUT2D eigenvalue weighted by Crippen LogP contribution is -2.50. The van der Waals surface area contributed by atoms with Gasteiger partial charge in [0.25, 0.3) is 0 Å². The van der Waals surface area contributed by atoms with Gasteiger partial charge in [-0.05, 0) is 370 Å². The summed E-state index contributed by atoms with van der Waals surface area (Å²) < 4.78 is 5.92. The van der Waals surface area contributed by atoms with Crippen molar-refractivity contribution in [3.05, 3.63) is 117 Å². The zero-order valence-electron chi connectivity index (χ0n) is 70.1. The first-order valence-electron chi connectivity index (χ1n) is 45.0. The molecule has 0 aromatic carbocycles. The molecule has 20 rings (SSSR count). The Hall–Kier alpha value is -5.77. The van der Waals surface area contributed by atoms with Crippen molar-refractivity contribution < 1.29 is 28.7 Å². The Morgan fingerprint density at radius 2 is 0.550 bits per heavy atom. The number of carbonyl (C=O) groups excluding carboxylic acids is 5. The third-order valence-electron chi connectivity index (χ3n) is 39.0. The van der Waals surface area contributed by atoms with Crippen LogP contribution < -0.4 is 0 Å². The number of carbonyl (C=O) groups is 5. The molecule has 0 spiro atoms. The second-order valence-corrected chi connectivity index (χ2v) is 42.7. The minimum absolute atomic E-state index is 0. The minimum Gasteiger partial charge on any atom is -0.485 e. The second-order valence-electron chi connectivity index (χ2n) is 42.7. The van der Waals surface area contributed by atoms with Crippen LogP contribution in [0.15, 0.2) is 117 Å². The molecule has 6 nitrogen and oxygen atoms in total. The largest absolute Gasteiger partial charge is 0.485 e. The number of hydrogen-bond acceptors (Lipinski definition) is 6. The van der Waals surface area contributed by atoms with E-state index in [1.165, 1.54) is 174 Å². The van der Waals surface area contributed by atoms with Crippen LogP contribution >= 0.6 is 0 Å². The van der Waals surface area contributed by atoms with E-state index in [0.29, 0.717) is 63.1 Å². The van der Waals surface area contributed by atoms with Crippen molar-refractivity contribution in [2.75, 3.05) is 6.61 Å². The molecule has 0 radical (unpaired) electrons. The summed E-state index contributed by atoms with van der Waals surface area (Å²) in [5.74, 6) is 23.3. The molecule has 0 aromatic heterocycles. The topological polar surface area (TPSA) is 94.6 Å². The van der Waals surface area contributed by atoms with Gasteiger partial charge in [0.1, 0.15) is 6.61 Å². The van der Waals surface area contributed by atoms with Crippen LogP contribution in [0.3, 0.4) is 0 Å². The molecular formula is C105H140O6. The summed E-state index contributed by atoms with van der Waals surface area (Å²) in [7, 11) is 0. The average molecular weight is 1500 g/mol. The highest BCUT2D eigenvalue weighted by molar-refractivity contribution is 5.94. The number of hydrogen-bond donors (Lipinski definition) is 0. The molecule has 5 unspecified atom stereocenters. The van der Waals surface area contributed by atoms with Crippen LogP contribution in [0.25, 0.3) is 0 Å². The lowest BCUT2D eigenvalue weighted by atomic mass is 9.47. The average Bonchev–Trinajstić information content (AvgIpc) is 1.66. The zero-order chi connectivity index (χ0) is 77.7. The SMILES string of the molecule is C.C#CC1=CC[C@@H]2C3CCC4=CC(=O)CC[C@]4(C)[C@@H]3CC[C@]12C.C#CC1=CC[C@@H]2C3CCC4=CC(=O)CC[C@]4(C)[C@@H]3CC[C@]12C.C#CCOC1=CC[C@@H]2C3CCC4=CC(=O)CC[C@]4(C)[C@@H]3CC[C@]12C.CC1=CC[C@@H]2C3CCC4=CC(=O)CC[C@]4(C)[C@@H]3CC[C@]12C.CC1=CC[C@@H]2C3CCC4=CC(=O)CC[C@]4(C)[C@@H]3CC[C@]12C. The Morgan fingerprint density at radius 3 is 0.829 bits per heavy atom. The summed E-state index contributed by atoms with van der Waals surface area (Å²) in [5, 5.41) is 0. The van der Waals surface area contributed by atoms with Crippen molar-refractivity contribution >= 4 is 28.9 Å². The van der Waals surface area contributed by atoms with E-state index in [1.807, 2.05) is 30.4 Å². The second kappa shape index (κ2) is 29.4. The van der Waals surface area contributed by atoms with Crippen LogP contribution in [-0.4, -0.2) is 35.5 Å². The predicted octanol–water partition coefficient (Wildman–Crippen LogP) is 24.8. The first kappa shape index (κ1) is 80.4. The molecule has 10 saturated carbocycles. The molecule has 111 heavy (non-hydrogen) atoms. The van der Waals surface area contributed by atoms with E-state index in [1.54, 1.807) is 11.1 Å². The van der Waals surface area contributed by atoms with Crippen molar-refractivity contribution in [2.24, 2.45) is 143 Å². The zero-order valence-corrected chi connectivity index (χ0v) is 70.1. The number of fused-ring (bicyclic) bond motifs is 25. The number of rotatable bonds is 2. The molecule has 0 bridgehead atoms. The fourth-order valence-corrected chi connectivity index (χ4v) is 31.8. The Morgan fingerprint density at radius 1 is 0.306 bits per heavy atom. The van der Waals surface area contributed by atoms with Gasteiger partial charge in [-0.25, -0.2) is 0 Å². The van der Waals surface area contributed by atoms with Gasteiger partial charge in [0.2, 0.25) is 0 Å². The fourth-order valence-electron chi connectivity index (χ4n) is 31.8. The number of ether oxygens (including phenoxy) is 1. The van der Waals surface area contributed by atoms with E-state index in [4.69, 9.17) is 24.0 Å². The fraction of sp³-hybridized carbons (Fsp3) is 0.705. The summed E-state index contributed by atoms with van der Waals surface area (Å²) >= 11 is 0. The molecule has 25 atom stereocenters. The molecule has 0 aromatic rings. The van der Waals surface area contributed by atoms with Gasteiger partial charge in [0, 0.05) is 59.5 Å². The predicted molar refractivity (Wildman–Crippen MR) is 451 cm³/mol. The molecule has 10 fully saturated rings. The first-order chi connectivity index (χ1) is 52.4. The lowest BCUT2D eigenvalue weighted by Gasteiger charge is -2.57. The molecule has 0 N–H and O–H groups in total. The quantitative estimate of drug-likeness (QED) is 0.202.